The molecule has 0 saturated carbocycles. The second-order valence-electron chi connectivity index (χ2n) is 6.43. The van der Waals surface area contributed by atoms with E-state index in [0.29, 0.717) is 6.54 Å². The molecule has 0 radical (unpaired) electrons. The predicted octanol–water partition coefficient (Wildman–Crippen LogP) is 4.84. The topological polar surface area (TPSA) is 46.3 Å². The number of rotatable bonds is 4. The fourth-order valence-electron chi connectivity index (χ4n) is 3.22. The molecule has 3 aromatic rings. The number of nitrogens with zero attached hydrogens (tertiary/aromatic N) is 2. The normalized spacial score (nSPS) is 13.7. The van der Waals surface area contributed by atoms with Crippen molar-refractivity contribution in [1.29, 1.82) is 0 Å². The minimum absolute atomic E-state index is 0.115. The molecule has 26 heavy (non-hydrogen) atoms. The molecule has 2 aromatic heterocycles. The molecule has 1 aromatic carbocycles. The molecular formula is C20H20N2O2S2. The van der Waals surface area contributed by atoms with Crippen LogP contribution in [0, 0.1) is 13.8 Å². The molecule has 1 amide bonds. The van der Waals surface area contributed by atoms with Gasteiger partial charge in [-0.2, -0.15) is 0 Å². The van der Waals surface area contributed by atoms with Crippen LogP contribution in [0.5, 0.6) is 0 Å². The zero-order valence-corrected chi connectivity index (χ0v) is 16.5. The fraction of sp³-hybridized carbons (Fsp3) is 0.300. The van der Waals surface area contributed by atoms with Crippen molar-refractivity contribution in [1.82, 2.24) is 10.1 Å². The largest absolute Gasteiger partial charge is 0.361 e. The SMILES string of the molecule is Cc1noc(C)c1CSc1ccccc1C(=O)N1CCc2sccc2C1. The van der Waals surface area contributed by atoms with E-state index in [0.717, 1.165) is 46.2 Å². The van der Waals surface area contributed by atoms with Crippen LogP contribution in [0.15, 0.2) is 45.1 Å². The highest BCUT2D eigenvalue weighted by molar-refractivity contribution is 7.98. The van der Waals surface area contributed by atoms with Crippen LogP contribution in [0.25, 0.3) is 0 Å². The van der Waals surface area contributed by atoms with Gasteiger partial charge < -0.3 is 9.42 Å². The highest BCUT2D eigenvalue weighted by Gasteiger charge is 2.24. The zero-order valence-electron chi connectivity index (χ0n) is 14.8. The number of fused-ring (bicyclic) bond motifs is 1. The van der Waals surface area contributed by atoms with Gasteiger partial charge in [0.1, 0.15) is 5.76 Å². The standard InChI is InChI=1S/C20H20N2O2S2/c1-13-17(14(2)24-21-13)12-26-19-6-4-3-5-16(19)20(23)22-9-7-18-15(11-22)8-10-25-18/h3-6,8,10H,7,9,11-12H2,1-2H3. The Balaban J connectivity index is 1.53. The molecular weight excluding hydrogens is 364 g/mol. The Morgan fingerprint density at radius 2 is 2.15 bits per heavy atom. The average Bonchev–Trinajstić information content (AvgIpc) is 3.25. The second-order valence-corrected chi connectivity index (χ2v) is 8.45. The molecule has 0 bridgehead atoms. The molecule has 0 N–H and O–H groups in total. The van der Waals surface area contributed by atoms with Gasteiger partial charge in [-0.1, -0.05) is 17.3 Å². The monoisotopic (exact) mass is 384 g/mol. The number of amides is 1. The summed E-state index contributed by atoms with van der Waals surface area (Å²) >= 11 is 3.46. The van der Waals surface area contributed by atoms with Crippen molar-refractivity contribution in [3.8, 4) is 0 Å². The highest BCUT2D eigenvalue weighted by Crippen LogP contribution is 2.31. The van der Waals surface area contributed by atoms with Crippen molar-refractivity contribution < 1.29 is 9.32 Å². The fourth-order valence-corrected chi connectivity index (χ4v) is 5.31. The predicted molar refractivity (Wildman–Crippen MR) is 105 cm³/mol. The molecule has 3 heterocycles. The lowest BCUT2D eigenvalue weighted by atomic mass is 10.1. The van der Waals surface area contributed by atoms with E-state index in [1.54, 1.807) is 23.1 Å². The summed E-state index contributed by atoms with van der Waals surface area (Å²) in [5, 5.41) is 6.13. The van der Waals surface area contributed by atoms with Gasteiger partial charge in [-0.05, 0) is 49.4 Å². The number of hydrogen-bond acceptors (Lipinski definition) is 5. The summed E-state index contributed by atoms with van der Waals surface area (Å²) in [7, 11) is 0. The van der Waals surface area contributed by atoms with Gasteiger partial charge in [0.05, 0.1) is 11.3 Å². The molecule has 0 spiro atoms. The van der Waals surface area contributed by atoms with Crippen LogP contribution in [0.3, 0.4) is 0 Å². The Morgan fingerprint density at radius 1 is 1.31 bits per heavy atom. The van der Waals surface area contributed by atoms with Crippen molar-refractivity contribution in [3.63, 3.8) is 0 Å². The maximum atomic E-state index is 13.1. The summed E-state index contributed by atoms with van der Waals surface area (Å²) in [6, 6.07) is 10.0. The van der Waals surface area contributed by atoms with Crippen molar-refractivity contribution in [2.45, 2.75) is 37.5 Å². The van der Waals surface area contributed by atoms with E-state index < -0.39 is 0 Å². The number of aromatic nitrogens is 1. The molecule has 0 aliphatic carbocycles. The van der Waals surface area contributed by atoms with E-state index >= 15 is 0 Å². The quantitative estimate of drug-likeness (QED) is 0.604. The smallest absolute Gasteiger partial charge is 0.255 e. The number of carbonyl (C=O) groups is 1. The van der Waals surface area contributed by atoms with Gasteiger partial charge in [-0.15, -0.1) is 23.1 Å². The average molecular weight is 385 g/mol. The van der Waals surface area contributed by atoms with Crippen molar-refractivity contribution >= 4 is 29.0 Å². The summed E-state index contributed by atoms with van der Waals surface area (Å²) in [6.45, 7) is 5.38. The van der Waals surface area contributed by atoms with E-state index in [9.17, 15) is 4.79 Å². The summed E-state index contributed by atoms with van der Waals surface area (Å²) in [5.74, 6) is 1.71. The number of aryl methyl sites for hydroxylation is 2. The first-order valence-corrected chi connectivity index (χ1v) is 10.5. The lowest BCUT2D eigenvalue weighted by Gasteiger charge is -2.27. The maximum absolute atomic E-state index is 13.1. The molecule has 134 valence electrons. The minimum atomic E-state index is 0.115. The van der Waals surface area contributed by atoms with Gasteiger partial charge in [-0.3, -0.25) is 4.79 Å². The van der Waals surface area contributed by atoms with E-state index in [-0.39, 0.29) is 5.91 Å². The van der Waals surface area contributed by atoms with Crippen LogP contribution >= 0.6 is 23.1 Å². The van der Waals surface area contributed by atoms with Crippen LogP contribution in [0.2, 0.25) is 0 Å². The van der Waals surface area contributed by atoms with Gasteiger partial charge in [0.15, 0.2) is 0 Å². The van der Waals surface area contributed by atoms with Crippen LogP contribution in [-0.4, -0.2) is 22.5 Å². The summed E-state index contributed by atoms with van der Waals surface area (Å²) in [5.41, 5.74) is 4.09. The van der Waals surface area contributed by atoms with E-state index in [4.69, 9.17) is 4.52 Å². The zero-order chi connectivity index (χ0) is 18.1. The van der Waals surface area contributed by atoms with E-state index in [2.05, 4.69) is 16.6 Å². The van der Waals surface area contributed by atoms with Gasteiger partial charge in [-0.25, -0.2) is 0 Å². The number of thiophene rings is 1. The van der Waals surface area contributed by atoms with E-state index in [1.807, 2.05) is 43.0 Å². The number of benzene rings is 1. The summed E-state index contributed by atoms with van der Waals surface area (Å²) < 4.78 is 5.24. The Kier molecular flexibility index (Phi) is 4.87. The number of hydrogen-bond donors (Lipinski definition) is 0. The maximum Gasteiger partial charge on any atom is 0.255 e. The molecule has 0 fully saturated rings. The molecule has 0 atom stereocenters. The lowest BCUT2D eigenvalue weighted by Crippen LogP contribution is -2.35. The van der Waals surface area contributed by atoms with Crippen molar-refractivity contribution in [2.75, 3.05) is 6.54 Å². The second kappa shape index (κ2) is 7.29. The first-order chi connectivity index (χ1) is 12.6. The van der Waals surface area contributed by atoms with Crippen LogP contribution in [0.4, 0.5) is 0 Å². The molecule has 1 aliphatic rings. The summed E-state index contributed by atoms with van der Waals surface area (Å²) in [6.07, 6.45) is 0.952. The van der Waals surface area contributed by atoms with Gasteiger partial charge in [0, 0.05) is 34.2 Å². The third-order valence-corrected chi connectivity index (χ3v) is 6.89. The number of thioether (sulfide) groups is 1. The van der Waals surface area contributed by atoms with Gasteiger partial charge in [0.2, 0.25) is 0 Å². The van der Waals surface area contributed by atoms with E-state index in [1.165, 1.54) is 10.4 Å². The van der Waals surface area contributed by atoms with Crippen LogP contribution in [0.1, 0.15) is 37.8 Å². The third kappa shape index (κ3) is 3.31. The molecule has 0 saturated heterocycles. The Morgan fingerprint density at radius 3 is 2.96 bits per heavy atom. The minimum Gasteiger partial charge on any atom is -0.361 e. The third-order valence-electron chi connectivity index (χ3n) is 4.77. The van der Waals surface area contributed by atoms with Gasteiger partial charge >= 0.3 is 0 Å². The molecule has 6 heteroatoms. The lowest BCUT2D eigenvalue weighted by molar-refractivity contribution is 0.0732. The van der Waals surface area contributed by atoms with Crippen LogP contribution < -0.4 is 0 Å². The van der Waals surface area contributed by atoms with Crippen molar-refractivity contribution in [3.05, 3.63) is 68.7 Å². The van der Waals surface area contributed by atoms with Crippen LogP contribution in [-0.2, 0) is 18.7 Å². The Labute approximate surface area is 161 Å². The first-order valence-electron chi connectivity index (χ1n) is 8.61. The number of carbonyl (C=O) groups excluding carboxylic acids is 1. The first kappa shape index (κ1) is 17.4. The van der Waals surface area contributed by atoms with Gasteiger partial charge in [0.25, 0.3) is 5.91 Å². The Bertz CT molecular complexity index is 925. The molecule has 1 aliphatic heterocycles. The molecule has 4 nitrogen and oxygen atoms in total. The molecule has 4 rings (SSSR count). The highest BCUT2D eigenvalue weighted by atomic mass is 32.2. The van der Waals surface area contributed by atoms with Crippen molar-refractivity contribution in [2.24, 2.45) is 0 Å². The molecule has 0 unspecified atom stereocenters. The Hall–Kier alpha value is -2.05. The summed E-state index contributed by atoms with van der Waals surface area (Å²) in [4.78, 5) is 17.5.